The number of rotatable bonds is 5. The molecule has 1 heterocycles. The van der Waals surface area contributed by atoms with Crippen LogP contribution in [0.5, 0.6) is 0 Å². The van der Waals surface area contributed by atoms with E-state index in [-0.39, 0.29) is 19.2 Å². The van der Waals surface area contributed by atoms with Crippen LogP contribution in [0.1, 0.15) is 44.7 Å². The van der Waals surface area contributed by atoms with Gasteiger partial charge >= 0.3 is 11.9 Å². The van der Waals surface area contributed by atoms with Gasteiger partial charge in [-0.15, -0.1) is 0 Å². The maximum atomic E-state index is 12.6. The third-order valence-corrected chi connectivity index (χ3v) is 4.30. The molecule has 1 aliphatic rings. The SMILES string of the molecule is CCOC(=O)C1=C(C)N=C(C)C(C(=O)OCC)[C@H]1c1ccc(C)cc1. The van der Waals surface area contributed by atoms with Crippen LogP contribution in [0.25, 0.3) is 0 Å². The van der Waals surface area contributed by atoms with Gasteiger partial charge in [0.25, 0.3) is 0 Å². The van der Waals surface area contributed by atoms with Crippen molar-refractivity contribution in [2.75, 3.05) is 13.2 Å². The average molecular weight is 343 g/mol. The van der Waals surface area contributed by atoms with Gasteiger partial charge in [0, 0.05) is 17.3 Å². The van der Waals surface area contributed by atoms with Crippen molar-refractivity contribution in [1.29, 1.82) is 0 Å². The maximum absolute atomic E-state index is 12.6. The van der Waals surface area contributed by atoms with Gasteiger partial charge in [-0.25, -0.2) is 4.79 Å². The van der Waals surface area contributed by atoms with Crippen LogP contribution in [-0.4, -0.2) is 30.9 Å². The Balaban J connectivity index is 2.60. The molecule has 0 N–H and O–H groups in total. The van der Waals surface area contributed by atoms with Gasteiger partial charge in [0.15, 0.2) is 0 Å². The predicted octanol–water partition coefficient (Wildman–Crippen LogP) is 3.57. The molecule has 1 aromatic carbocycles. The normalized spacial score (nSPS) is 20.1. The van der Waals surface area contributed by atoms with Crippen LogP contribution in [-0.2, 0) is 19.1 Å². The standard InChI is InChI=1S/C20H25NO4/c1-6-24-19(22)16-13(4)21-14(5)17(20(23)25-7-2)18(16)15-10-8-12(3)9-11-15/h8-11,16,18H,6-7H2,1-5H3/t16?,18-/m1/s1. The van der Waals surface area contributed by atoms with Gasteiger partial charge in [-0.3, -0.25) is 9.79 Å². The van der Waals surface area contributed by atoms with E-state index >= 15 is 0 Å². The number of carbonyl (C=O) groups is 2. The van der Waals surface area contributed by atoms with E-state index in [2.05, 4.69) is 4.99 Å². The number of esters is 2. The molecule has 0 amide bonds. The van der Waals surface area contributed by atoms with Crippen LogP contribution in [0, 0.1) is 12.8 Å². The molecule has 134 valence electrons. The predicted molar refractivity (Wildman–Crippen MR) is 96.5 cm³/mol. The summed E-state index contributed by atoms with van der Waals surface area (Å²) in [6.07, 6.45) is 0. The van der Waals surface area contributed by atoms with E-state index in [1.165, 1.54) is 0 Å². The van der Waals surface area contributed by atoms with Gasteiger partial charge < -0.3 is 9.47 Å². The smallest absolute Gasteiger partial charge is 0.336 e. The monoisotopic (exact) mass is 343 g/mol. The highest BCUT2D eigenvalue weighted by Crippen LogP contribution is 2.40. The van der Waals surface area contributed by atoms with E-state index in [0.717, 1.165) is 11.1 Å². The van der Waals surface area contributed by atoms with Gasteiger partial charge in [0.05, 0.1) is 18.8 Å². The molecule has 0 saturated carbocycles. The van der Waals surface area contributed by atoms with Gasteiger partial charge in [-0.05, 0) is 40.2 Å². The van der Waals surface area contributed by atoms with Gasteiger partial charge in [0.2, 0.25) is 0 Å². The van der Waals surface area contributed by atoms with E-state index in [0.29, 0.717) is 17.0 Å². The number of allylic oxidation sites excluding steroid dienone is 1. The average Bonchev–Trinajstić information content (AvgIpc) is 2.55. The molecule has 0 aliphatic carbocycles. The van der Waals surface area contributed by atoms with Crippen LogP contribution in [0.15, 0.2) is 40.5 Å². The first-order valence-corrected chi connectivity index (χ1v) is 8.56. The molecule has 1 aliphatic heterocycles. The summed E-state index contributed by atoms with van der Waals surface area (Å²) in [6.45, 7) is 9.64. The molecule has 5 nitrogen and oxygen atoms in total. The van der Waals surface area contributed by atoms with Crippen molar-refractivity contribution >= 4 is 17.7 Å². The summed E-state index contributed by atoms with van der Waals surface area (Å²) in [7, 11) is 0. The highest BCUT2D eigenvalue weighted by atomic mass is 16.5. The van der Waals surface area contributed by atoms with E-state index in [1.807, 2.05) is 31.2 Å². The zero-order valence-corrected chi connectivity index (χ0v) is 15.5. The molecule has 2 atom stereocenters. The highest BCUT2D eigenvalue weighted by Gasteiger charge is 2.42. The molecule has 1 unspecified atom stereocenters. The fraction of sp³-hybridized carbons (Fsp3) is 0.450. The summed E-state index contributed by atoms with van der Waals surface area (Å²) in [5.74, 6) is -1.90. The number of hydrogen-bond acceptors (Lipinski definition) is 5. The summed E-state index contributed by atoms with van der Waals surface area (Å²) in [5.41, 5.74) is 3.64. The number of hydrogen-bond donors (Lipinski definition) is 0. The van der Waals surface area contributed by atoms with Crippen LogP contribution in [0.3, 0.4) is 0 Å². The molecule has 0 bridgehead atoms. The lowest BCUT2D eigenvalue weighted by Crippen LogP contribution is -2.36. The summed E-state index contributed by atoms with van der Waals surface area (Å²) >= 11 is 0. The fourth-order valence-electron chi connectivity index (χ4n) is 3.18. The second-order valence-electron chi connectivity index (χ2n) is 6.09. The molecule has 2 rings (SSSR count). The topological polar surface area (TPSA) is 65.0 Å². The number of aliphatic imine (C=N–C) groups is 1. The van der Waals surface area contributed by atoms with Crippen LogP contribution in [0.4, 0.5) is 0 Å². The highest BCUT2D eigenvalue weighted by molar-refractivity contribution is 6.07. The quantitative estimate of drug-likeness (QED) is 0.767. The van der Waals surface area contributed by atoms with Crippen molar-refractivity contribution in [2.45, 2.75) is 40.5 Å². The van der Waals surface area contributed by atoms with Crippen LogP contribution < -0.4 is 0 Å². The van der Waals surface area contributed by atoms with Crippen LogP contribution >= 0.6 is 0 Å². The summed E-state index contributed by atoms with van der Waals surface area (Å²) in [5, 5.41) is 0. The molecule has 0 fully saturated rings. The molecule has 0 saturated heterocycles. The lowest BCUT2D eigenvalue weighted by Gasteiger charge is -2.31. The number of aryl methyl sites for hydroxylation is 1. The number of ether oxygens (including phenoxy) is 2. The minimum Gasteiger partial charge on any atom is -0.465 e. The third kappa shape index (κ3) is 3.98. The van der Waals surface area contributed by atoms with Gasteiger partial charge in [-0.2, -0.15) is 0 Å². The number of carbonyl (C=O) groups excluding carboxylic acids is 2. The minimum atomic E-state index is -0.634. The lowest BCUT2D eigenvalue weighted by atomic mass is 9.75. The molecule has 5 heteroatoms. The summed E-state index contributed by atoms with van der Waals surface area (Å²) < 4.78 is 10.5. The molecular formula is C20H25NO4. The largest absolute Gasteiger partial charge is 0.465 e. The molecular weight excluding hydrogens is 318 g/mol. The Labute approximate surface area is 148 Å². The Morgan fingerprint density at radius 2 is 1.60 bits per heavy atom. The first-order valence-electron chi connectivity index (χ1n) is 8.56. The van der Waals surface area contributed by atoms with E-state index < -0.39 is 17.8 Å². The summed E-state index contributed by atoms with van der Waals surface area (Å²) in [4.78, 5) is 29.6. The van der Waals surface area contributed by atoms with Crippen LogP contribution in [0.2, 0.25) is 0 Å². The van der Waals surface area contributed by atoms with Crippen molar-refractivity contribution in [2.24, 2.45) is 10.9 Å². The fourth-order valence-corrected chi connectivity index (χ4v) is 3.18. The zero-order valence-electron chi connectivity index (χ0n) is 15.5. The van der Waals surface area contributed by atoms with Crippen molar-refractivity contribution < 1.29 is 19.1 Å². The Kier molecular flexibility index (Phi) is 6.12. The Hall–Kier alpha value is -2.43. The minimum absolute atomic E-state index is 0.267. The Morgan fingerprint density at radius 1 is 1.00 bits per heavy atom. The number of benzene rings is 1. The van der Waals surface area contributed by atoms with Gasteiger partial charge in [-0.1, -0.05) is 29.8 Å². The number of nitrogens with zero attached hydrogens (tertiary/aromatic N) is 1. The third-order valence-electron chi connectivity index (χ3n) is 4.30. The second kappa shape index (κ2) is 8.10. The first kappa shape index (κ1) is 18.9. The second-order valence-corrected chi connectivity index (χ2v) is 6.09. The van der Waals surface area contributed by atoms with E-state index in [4.69, 9.17) is 9.47 Å². The molecule has 0 radical (unpaired) electrons. The van der Waals surface area contributed by atoms with Crippen molar-refractivity contribution in [3.8, 4) is 0 Å². The van der Waals surface area contributed by atoms with E-state index in [1.54, 1.807) is 27.7 Å². The van der Waals surface area contributed by atoms with Crippen molar-refractivity contribution in [3.63, 3.8) is 0 Å². The molecule has 0 spiro atoms. The molecule has 25 heavy (non-hydrogen) atoms. The first-order chi connectivity index (χ1) is 11.9. The van der Waals surface area contributed by atoms with Crippen molar-refractivity contribution in [1.82, 2.24) is 0 Å². The summed E-state index contributed by atoms with van der Waals surface area (Å²) in [6, 6.07) is 7.82. The Bertz CT molecular complexity index is 716. The van der Waals surface area contributed by atoms with E-state index in [9.17, 15) is 9.59 Å². The Morgan fingerprint density at radius 3 is 2.16 bits per heavy atom. The lowest BCUT2D eigenvalue weighted by molar-refractivity contribution is -0.146. The van der Waals surface area contributed by atoms with Crippen molar-refractivity contribution in [3.05, 3.63) is 46.7 Å². The van der Waals surface area contributed by atoms with Gasteiger partial charge in [0.1, 0.15) is 5.92 Å². The molecule has 1 aromatic rings. The molecule has 0 aromatic heterocycles. The zero-order chi connectivity index (χ0) is 18.6. The maximum Gasteiger partial charge on any atom is 0.336 e.